The Morgan fingerprint density at radius 2 is 1.61 bits per heavy atom. The largest absolute Gasteiger partial charge is 0.465 e. The second-order valence-corrected chi connectivity index (χ2v) is 12.5. The summed E-state index contributed by atoms with van der Waals surface area (Å²) in [5, 5.41) is 20.2. The summed E-state index contributed by atoms with van der Waals surface area (Å²) in [6, 6.07) is 21.9. The Balaban J connectivity index is 1.72. The van der Waals surface area contributed by atoms with Crippen LogP contribution in [-0.4, -0.2) is 60.1 Å². The van der Waals surface area contributed by atoms with Crippen molar-refractivity contribution in [2.45, 2.75) is 36.5 Å². The molecule has 3 N–H and O–H groups in total. The van der Waals surface area contributed by atoms with Crippen LogP contribution in [0.15, 0.2) is 77.7 Å². The fourth-order valence-electron chi connectivity index (χ4n) is 3.85. The van der Waals surface area contributed by atoms with Crippen molar-refractivity contribution < 1.29 is 28.2 Å². The number of aliphatic hydroxyl groups is 1. The molecule has 0 unspecified atom stereocenters. The normalized spacial score (nSPS) is 12.2. The van der Waals surface area contributed by atoms with Crippen molar-refractivity contribution >= 4 is 33.8 Å². The number of hydrogen-bond donors (Lipinski definition) is 3. The minimum Gasteiger partial charge on any atom is -0.465 e. The van der Waals surface area contributed by atoms with Crippen molar-refractivity contribution in [3.63, 3.8) is 0 Å². The smallest absolute Gasteiger partial charge is 0.407 e. The summed E-state index contributed by atoms with van der Waals surface area (Å²) in [4.78, 5) is 26.1. The quantitative estimate of drug-likeness (QED) is 0.290. The molecule has 10 heteroatoms. The van der Waals surface area contributed by atoms with Crippen LogP contribution in [0, 0.1) is 0 Å². The molecule has 0 bridgehead atoms. The van der Waals surface area contributed by atoms with E-state index in [1.54, 1.807) is 36.4 Å². The second kappa shape index (κ2) is 12.9. The molecule has 8 nitrogen and oxygen atoms in total. The lowest BCUT2D eigenvalue weighted by atomic mass is 10.0. The number of carbonyl (C=O) groups excluding carboxylic acids is 1. The molecule has 3 rings (SSSR count). The monoisotopic (exact) mass is 556 g/mol. The molecule has 2 amide bonds. The van der Waals surface area contributed by atoms with Gasteiger partial charge in [0, 0.05) is 16.7 Å². The lowest BCUT2D eigenvalue weighted by Gasteiger charge is -2.22. The van der Waals surface area contributed by atoms with Gasteiger partial charge in [-0.2, -0.15) is 0 Å². The maximum atomic E-state index is 12.5. The van der Waals surface area contributed by atoms with Crippen LogP contribution >= 0.6 is 11.8 Å². The van der Waals surface area contributed by atoms with Gasteiger partial charge in [-0.1, -0.05) is 74.5 Å². The van der Waals surface area contributed by atoms with Gasteiger partial charge in [0.25, 0.3) is 5.91 Å². The summed E-state index contributed by atoms with van der Waals surface area (Å²) in [5.74, 6) is -0.669. The van der Waals surface area contributed by atoms with Gasteiger partial charge >= 0.3 is 6.09 Å². The predicted octanol–water partition coefficient (Wildman–Crippen LogP) is 4.80. The summed E-state index contributed by atoms with van der Waals surface area (Å²) < 4.78 is 25.1. The number of benzene rings is 3. The SMILES string of the molecule is CC(C)Sc1cc(-c2ccc(CCN(C[C@H](O)c3ccccc3)C(=O)O)cc2)ccc1C(=O)NS(C)(=O)=O. The van der Waals surface area contributed by atoms with Crippen molar-refractivity contribution in [2.24, 2.45) is 0 Å². The van der Waals surface area contributed by atoms with Gasteiger partial charge in [0.1, 0.15) is 0 Å². The molecule has 0 saturated carbocycles. The molecule has 0 aliphatic carbocycles. The van der Waals surface area contributed by atoms with Gasteiger partial charge in [0.15, 0.2) is 0 Å². The maximum Gasteiger partial charge on any atom is 0.407 e. The average molecular weight is 557 g/mol. The summed E-state index contributed by atoms with van der Waals surface area (Å²) in [7, 11) is -3.68. The van der Waals surface area contributed by atoms with Gasteiger partial charge in [-0.25, -0.2) is 17.9 Å². The molecule has 0 aromatic heterocycles. The first-order valence-corrected chi connectivity index (χ1v) is 14.8. The minimum absolute atomic E-state index is 0.0209. The number of nitrogens with one attached hydrogen (secondary N) is 1. The van der Waals surface area contributed by atoms with Crippen molar-refractivity contribution in [3.05, 3.63) is 89.5 Å². The average Bonchev–Trinajstić information content (AvgIpc) is 2.85. The van der Waals surface area contributed by atoms with Crippen molar-refractivity contribution in [3.8, 4) is 11.1 Å². The Labute approximate surface area is 227 Å². The van der Waals surface area contributed by atoms with Crippen molar-refractivity contribution in [2.75, 3.05) is 19.3 Å². The minimum atomic E-state index is -3.68. The van der Waals surface area contributed by atoms with E-state index < -0.39 is 28.1 Å². The number of aliphatic hydroxyl groups excluding tert-OH is 1. The van der Waals surface area contributed by atoms with E-state index in [2.05, 4.69) is 0 Å². The van der Waals surface area contributed by atoms with Crippen molar-refractivity contribution in [1.82, 2.24) is 9.62 Å². The zero-order valence-electron chi connectivity index (χ0n) is 21.5. The van der Waals surface area contributed by atoms with E-state index in [0.717, 1.165) is 22.9 Å². The van der Waals surface area contributed by atoms with Crippen LogP contribution in [0.25, 0.3) is 11.1 Å². The molecule has 0 heterocycles. The molecule has 0 fully saturated rings. The molecule has 1 atom stereocenters. The highest BCUT2D eigenvalue weighted by Crippen LogP contribution is 2.32. The Morgan fingerprint density at radius 1 is 0.974 bits per heavy atom. The highest BCUT2D eigenvalue weighted by molar-refractivity contribution is 8.00. The predicted molar refractivity (Wildman–Crippen MR) is 150 cm³/mol. The van der Waals surface area contributed by atoms with E-state index in [1.807, 2.05) is 55.0 Å². The fourth-order valence-corrected chi connectivity index (χ4v) is 5.28. The van der Waals surface area contributed by atoms with Gasteiger partial charge in [-0.15, -0.1) is 11.8 Å². The number of hydrogen-bond acceptors (Lipinski definition) is 6. The molecular weight excluding hydrogens is 524 g/mol. The first kappa shape index (κ1) is 29.2. The number of nitrogens with zero attached hydrogens (tertiary/aromatic N) is 1. The Bertz CT molecular complexity index is 1360. The summed E-state index contributed by atoms with van der Waals surface area (Å²) in [5.41, 5.74) is 3.67. The van der Waals surface area contributed by atoms with Gasteiger partial charge in [-0.05, 0) is 40.8 Å². The highest BCUT2D eigenvalue weighted by atomic mass is 32.2. The first-order valence-electron chi connectivity index (χ1n) is 12.1. The van der Waals surface area contributed by atoms with E-state index in [1.165, 1.54) is 16.7 Å². The molecule has 0 spiro atoms. The van der Waals surface area contributed by atoms with Crippen LogP contribution < -0.4 is 4.72 Å². The second-order valence-electron chi connectivity index (χ2n) is 9.18. The third kappa shape index (κ3) is 8.61. The lowest BCUT2D eigenvalue weighted by Crippen LogP contribution is -2.35. The summed E-state index contributed by atoms with van der Waals surface area (Å²) in [6.07, 6.45) is -0.577. The topological polar surface area (TPSA) is 124 Å². The zero-order chi connectivity index (χ0) is 27.9. The van der Waals surface area contributed by atoms with Crippen LogP contribution in [0.2, 0.25) is 0 Å². The fraction of sp³-hybridized carbons (Fsp3) is 0.286. The van der Waals surface area contributed by atoms with E-state index in [4.69, 9.17) is 0 Å². The first-order chi connectivity index (χ1) is 17.9. The molecule has 0 aliphatic rings. The molecule has 0 radical (unpaired) electrons. The van der Waals surface area contributed by atoms with E-state index in [-0.39, 0.29) is 18.3 Å². The number of carbonyl (C=O) groups is 2. The van der Waals surface area contributed by atoms with Crippen LogP contribution in [0.4, 0.5) is 4.79 Å². The molecular formula is C28H32N2O6S2. The molecule has 202 valence electrons. The number of thioether (sulfide) groups is 1. The Hall–Kier alpha value is -3.34. The maximum absolute atomic E-state index is 12.5. The van der Waals surface area contributed by atoms with Crippen LogP contribution in [0.5, 0.6) is 0 Å². The molecule has 0 saturated heterocycles. The van der Waals surface area contributed by atoms with Crippen molar-refractivity contribution in [1.29, 1.82) is 0 Å². The number of sulfonamides is 1. The summed E-state index contributed by atoms with van der Waals surface area (Å²) >= 11 is 1.47. The number of amides is 2. The Morgan fingerprint density at radius 3 is 2.18 bits per heavy atom. The van der Waals surface area contributed by atoms with E-state index in [0.29, 0.717) is 22.4 Å². The summed E-state index contributed by atoms with van der Waals surface area (Å²) in [6.45, 7) is 4.19. The number of carboxylic acid groups (broad SMARTS) is 1. The van der Waals surface area contributed by atoms with Gasteiger partial charge in [0.2, 0.25) is 10.0 Å². The van der Waals surface area contributed by atoms with Gasteiger partial charge < -0.3 is 15.1 Å². The van der Waals surface area contributed by atoms with E-state index >= 15 is 0 Å². The third-order valence-corrected chi connectivity index (χ3v) is 7.29. The van der Waals surface area contributed by atoms with Gasteiger partial charge in [0.05, 0.1) is 24.5 Å². The molecule has 3 aromatic rings. The van der Waals surface area contributed by atoms with Crippen LogP contribution in [0.1, 0.15) is 41.4 Å². The lowest BCUT2D eigenvalue weighted by molar-refractivity contribution is 0.0971. The van der Waals surface area contributed by atoms with E-state index in [9.17, 15) is 28.2 Å². The molecule has 0 aliphatic heterocycles. The van der Waals surface area contributed by atoms with Crippen LogP contribution in [-0.2, 0) is 16.4 Å². The standard InChI is InChI=1S/C28H32N2O6S2/c1-19(2)37-26-17-23(13-14-24(26)27(32)29-38(3,35)36)21-11-9-20(10-12-21)15-16-30(28(33)34)18-25(31)22-7-5-4-6-8-22/h4-14,17,19,25,31H,15-16,18H2,1-3H3,(H,29,32)(H,33,34)/t25-/m0/s1. The number of rotatable bonds is 11. The highest BCUT2D eigenvalue weighted by Gasteiger charge is 2.19. The molecule has 3 aromatic carbocycles. The zero-order valence-corrected chi connectivity index (χ0v) is 23.1. The van der Waals surface area contributed by atoms with Gasteiger partial charge in [-0.3, -0.25) is 4.79 Å². The Kier molecular flexibility index (Phi) is 9.96. The molecule has 38 heavy (non-hydrogen) atoms. The van der Waals surface area contributed by atoms with Crippen LogP contribution in [0.3, 0.4) is 0 Å². The third-order valence-electron chi connectivity index (χ3n) is 5.67.